The maximum absolute atomic E-state index is 13.3. The summed E-state index contributed by atoms with van der Waals surface area (Å²) in [4.78, 5) is 12.6. The molecule has 7 nitrogen and oxygen atoms in total. The lowest BCUT2D eigenvalue weighted by Gasteiger charge is -2.25. The van der Waals surface area contributed by atoms with Crippen LogP contribution in [0.2, 0.25) is 0 Å². The highest BCUT2D eigenvalue weighted by atomic mass is 32.2. The van der Waals surface area contributed by atoms with E-state index in [0.717, 1.165) is 35.6 Å². The van der Waals surface area contributed by atoms with Gasteiger partial charge < -0.3 is 9.84 Å². The highest BCUT2D eigenvalue weighted by Crippen LogP contribution is 2.28. The number of rotatable bonds is 6. The lowest BCUT2D eigenvalue weighted by molar-refractivity contribution is -0.120. The smallest absolute Gasteiger partial charge is 0.270 e. The molecule has 1 saturated carbocycles. The lowest BCUT2D eigenvalue weighted by Crippen LogP contribution is -2.43. The Balaban J connectivity index is 1.94. The van der Waals surface area contributed by atoms with Gasteiger partial charge in [-0.15, -0.1) is 0 Å². The molecule has 1 aliphatic rings. The Morgan fingerprint density at radius 2 is 1.81 bits per heavy atom. The zero-order valence-corrected chi connectivity index (χ0v) is 16.7. The largest absolute Gasteiger partial charge is 0.360 e. The van der Waals surface area contributed by atoms with Crippen LogP contribution in [0.5, 0.6) is 0 Å². The van der Waals surface area contributed by atoms with Crippen LogP contribution in [0.15, 0.2) is 33.7 Å². The highest BCUT2D eigenvalue weighted by Gasteiger charge is 2.33. The van der Waals surface area contributed by atoms with E-state index >= 15 is 0 Å². The second-order valence-electron chi connectivity index (χ2n) is 7.05. The molecule has 1 aromatic heterocycles. The number of carbonyl (C=O) groups is 1. The molecule has 146 valence electrons. The minimum atomic E-state index is -4.00. The van der Waals surface area contributed by atoms with Gasteiger partial charge in [-0.2, -0.15) is 0 Å². The molecule has 0 saturated heterocycles. The molecule has 1 fully saturated rings. The fourth-order valence-electron chi connectivity index (χ4n) is 3.45. The molecule has 0 spiro atoms. The van der Waals surface area contributed by atoms with E-state index in [0.29, 0.717) is 5.69 Å². The number of anilines is 1. The Bertz CT molecular complexity index is 893. The maximum Gasteiger partial charge on any atom is 0.270 e. The topological polar surface area (TPSA) is 92.5 Å². The van der Waals surface area contributed by atoms with E-state index in [4.69, 9.17) is 4.52 Å². The Labute approximate surface area is 159 Å². The van der Waals surface area contributed by atoms with Gasteiger partial charge in [0.15, 0.2) is 10.7 Å². The summed E-state index contributed by atoms with van der Waals surface area (Å²) in [6.45, 7) is 4.77. The number of amides is 1. The minimum absolute atomic E-state index is 0.0109. The van der Waals surface area contributed by atoms with Crippen LogP contribution in [-0.4, -0.2) is 32.1 Å². The standard InChI is InChI=1S/C19H25N3O4S/c1-13-8-10-17(11-9-13)22(12-18(23)20-16-6-4-5-7-16)27(24,25)19-14(2)21-26-15(19)3/h8-11,16H,4-7,12H2,1-3H3,(H,20,23). The minimum Gasteiger partial charge on any atom is -0.360 e. The van der Waals surface area contributed by atoms with Gasteiger partial charge in [-0.1, -0.05) is 35.7 Å². The van der Waals surface area contributed by atoms with E-state index < -0.39 is 10.0 Å². The van der Waals surface area contributed by atoms with Crippen LogP contribution in [0.4, 0.5) is 5.69 Å². The van der Waals surface area contributed by atoms with Gasteiger partial charge in [0.25, 0.3) is 10.0 Å². The molecule has 1 amide bonds. The molecule has 3 rings (SSSR count). The van der Waals surface area contributed by atoms with Crippen LogP contribution in [0.25, 0.3) is 0 Å². The van der Waals surface area contributed by atoms with Gasteiger partial charge in [-0.25, -0.2) is 8.42 Å². The number of hydrogen-bond donors (Lipinski definition) is 1. The SMILES string of the molecule is Cc1ccc(N(CC(=O)NC2CCCC2)S(=O)(=O)c2c(C)noc2C)cc1. The second-order valence-corrected chi connectivity index (χ2v) is 8.85. The predicted octanol–water partition coefficient (Wildman–Crippen LogP) is 2.85. The van der Waals surface area contributed by atoms with Crippen LogP contribution in [0.1, 0.15) is 42.7 Å². The van der Waals surface area contributed by atoms with Crippen LogP contribution in [-0.2, 0) is 14.8 Å². The van der Waals surface area contributed by atoms with Crippen molar-refractivity contribution in [3.05, 3.63) is 41.3 Å². The summed E-state index contributed by atoms with van der Waals surface area (Å²) >= 11 is 0. The molecule has 0 radical (unpaired) electrons. The van der Waals surface area contributed by atoms with Crippen molar-refractivity contribution in [3.8, 4) is 0 Å². The molecule has 0 bridgehead atoms. The number of benzene rings is 1. The zero-order chi connectivity index (χ0) is 19.6. The van der Waals surface area contributed by atoms with Gasteiger partial charge in [0.05, 0.1) is 5.69 Å². The fourth-order valence-corrected chi connectivity index (χ4v) is 5.17. The third-order valence-corrected chi connectivity index (χ3v) is 6.86. The molecule has 2 aromatic rings. The summed E-state index contributed by atoms with van der Waals surface area (Å²) in [5, 5.41) is 6.71. The molecular formula is C19H25N3O4S. The van der Waals surface area contributed by atoms with E-state index in [1.165, 1.54) is 0 Å². The van der Waals surface area contributed by atoms with Crippen molar-refractivity contribution in [2.45, 2.75) is 57.4 Å². The Morgan fingerprint density at radius 1 is 1.19 bits per heavy atom. The molecule has 1 aromatic carbocycles. The number of aromatic nitrogens is 1. The molecule has 8 heteroatoms. The Kier molecular flexibility index (Phi) is 5.55. The fraction of sp³-hybridized carbons (Fsp3) is 0.474. The predicted molar refractivity (Wildman–Crippen MR) is 102 cm³/mol. The molecule has 0 unspecified atom stereocenters. The molecular weight excluding hydrogens is 366 g/mol. The first-order valence-electron chi connectivity index (χ1n) is 9.10. The number of sulfonamides is 1. The van der Waals surface area contributed by atoms with Crippen molar-refractivity contribution >= 4 is 21.6 Å². The number of aryl methyl sites for hydroxylation is 3. The van der Waals surface area contributed by atoms with Crippen LogP contribution in [0.3, 0.4) is 0 Å². The van der Waals surface area contributed by atoms with Crippen molar-refractivity contribution in [2.75, 3.05) is 10.8 Å². The average molecular weight is 391 g/mol. The van der Waals surface area contributed by atoms with Gasteiger partial charge in [0.1, 0.15) is 12.2 Å². The van der Waals surface area contributed by atoms with Gasteiger partial charge in [-0.3, -0.25) is 9.10 Å². The maximum atomic E-state index is 13.3. The summed E-state index contributed by atoms with van der Waals surface area (Å²) in [7, 11) is -4.00. The van der Waals surface area contributed by atoms with Crippen molar-refractivity contribution < 1.29 is 17.7 Å². The Hall–Kier alpha value is -2.35. The number of nitrogens with zero attached hydrogens (tertiary/aromatic N) is 2. The van der Waals surface area contributed by atoms with E-state index in [-0.39, 0.29) is 34.8 Å². The first kappa shape index (κ1) is 19.4. The number of carbonyl (C=O) groups excluding carboxylic acids is 1. The van der Waals surface area contributed by atoms with E-state index in [1.807, 2.05) is 19.1 Å². The number of nitrogens with one attached hydrogen (secondary N) is 1. The third kappa shape index (κ3) is 4.16. The summed E-state index contributed by atoms with van der Waals surface area (Å²) in [6.07, 6.45) is 4.05. The summed E-state index contributed by atoms with van der Waals surface area (Å²) < 4.78 is 32.8. The lowest BCUT2D eigenvalue weighted by atomic mass is 10.2. The molecule has 1 N–H and O–H groups in total. The van der Waals surface area contributed by atoms with Crippen molar-refractivity contribution in [1.29, 1.82) is 0 Å². The molecule has 1 aliphatic carbocycles. The van der Waals surface area contributed by atoms with Crippen LogP contribution >= 0.6 is 0 Å². The van der Waals surface area contributed by atoms with Gasteiger partial charge >= 0.3 is 0 Å². The molecule has 0 aliphatic heterocycles. The number of hydrogen-bond acceptors (Lipinski definition) is 5. The van der Waals surface area contributed by atoms with Gasteiger partial charge in [0, 0.05) is 6.04 Å². The van der Waals surface area contributed by atoms with E-state index in [9.17, 15) is 13.2 Å². The summed E-state index contributed by atoms with van der Waals surface area (Å²) in [6, 6.07) is 7.17. The van der Waals surface area contributed by atoms with Crippen LogP contribution < -0.4 is 9.62 Å². The van der Waals surface area contributed by atoms with Crippen LogP contribution in [0, 0.1) is 20.8 Å². The first-order valence-corrected chi connectivity index (χ1v) is 10.5. The normalized spacial score (nSPS) is 15.1. The molecule has 27 heavy (non-hydrogen) atoms. The quantitative estimate of drug-likeness (QED) is 0.817. The first-order chi connectivity index (χ1) is 12.8. The Morgan fingerprint density at radius 3 is 2.37 bits per heavy atom. The van der Waals surface area contributed by atoms with Gasteiger partial charge in [0.2, 0.25) is 5.91 Å². The van der Waals surface area contributed by atoms with Crippen molar-refractivity contribution in [2.24, 2.45) is 0 Å². The average Bonchev–Trinajstić information content (AvgIpc) is 3.23. The van der Waals surface area contributed by atoms with Crippen molar-refractivity contribution in [3.63, 3.8) is 0 Å². The summed E-state index contributed by atoms with van der Waals surface area (Å²) in [5.74, 6) is -0.0985. The summed E-state index contributed by atoms with van der Waals surface area (Å²) in [5.41, 5.74) is 1.71. The molecule has 0 atom stereocenters. The monoisotopic (exact) mass is 391 g/mol. The molecule has 1 heterocycles. The van der Waals surface area contributed by atoms with E-state index in [2.05, 4.69) is 10.5 Å². The van der Waals surface area contributed by atoms with E-state index in [1.54, 1.807) is 26.0 Å². The third-order valence-electron chi connectivity index (χ3n) is 4.85. The van der Waals surface area contributed by atoms with Crippen molar-refractivity contribution in [1.82, 2.24) is 10.5 Å². The highest BCUT2D eigenvalue weighted by molar-refractivity contribution is 7.93. The zero-order valence-electron chi connectivity index (χ0n) is 15.9. The second kappa shape index (κ2) is 7.72. The van der Waals surface area contributed by atoms with Gasteiger partial charge in [-0.05, 0) is 45.7 Å².